The molecule has 0 amide bonds. The average molecular weight is 224 g/mol. The monoisotopic (exact) mass is 224 g/mol. The molecule has 0 aromatic heterocycles. The first-order valence-corrected chi connectivity index (χ1v) is 5.68. The van der Waals surface area contributed by atoms with Gasteiger partial charge in [0.05, 0.1) is 0 Å². The highest BCUT2D eigenvalue weighted by atomic mass is 32.2. The molecule has 0 N–H and O–H groups in total. The minimum atomic E-state index is 0.132. The lowest BCUT2D eigenvalue weighted by molar-refractivity contribution is -0.109. The summed E-state index contributed by atoms with van der Waals surface area (Å²) in [5.41, 5.74) is 2.26. The van der Waals surface area contributed by atoms with Crippen LogP contribution in [-0.4, -0.2) is 11.9 Å². The maximum absolute atomic E-state index is 10.9. The molecular formula is C11H12O3S. The minimum absolute atomic E-state index is 0.132. The number of thioether (sulfide) groups is 1. The number of carbonyl (C=O) groups excluding carboxylic acids is 1. The van der Waals surface area contributed by atoms with Crippen molar-refractivity contribution in [3.05, 3.63) is 23.3 Å². The second kappa shape index (κ2) is 4.14. The standard InChI is InChI=1S/C11H12O3S/c1-7-3-10-11(14-6-13-10)4-9(7)5-15-8(2)12/h3-4H,5-6H2,1-2H3. The lowest BCUT2D eigenvalue weighted by Crippen LogP contribution is -1.92. The fourth-order valence-corrected chi connectivity index (χ4v) is 2.09. The van der Waals surface area contributed by atoms with Crippen LogP contribution in [0.15, 0.2) is 12.1 Å². The first kappa shape index (κ1) is 10.4. The largest absolute Gasteiger partial charge is 0.454 e. The summed E-state index contributed by atoms with van der Waals surface area (Å²) < 4.78 is 10.5. The summed E-state index contributed by atoms with van der Waals surface area (Å²) in [7, 11) is 0. The highest BCUT2D eigenvalue weighted by Crippen LogP contribution is 2.35. The summed E-state index contributed by atoms with van der Waals surface area (Å²) in [5.74, 6) is 2.27. The molecule has 4 heteroatoms. The molecule has 0 atom stereocenters. The van der Waals surface area contributed by atoms with Crippen LogP contribution in [0.1, 0.15) is 18.1 Å². The molecule has 15 heavy (non-hydrogen) atoms. The Morgan fingerprint density at radius 3 is 2.73 bits per heavy atom. The third-order valence-electron chi connectivity index (χ3n) is 2.26. The summed E-state index contributed by atoms with van der Waals surface area (Å²) in [6.45, 7) is 3.88. The molecule has 1 heterocycles. The average Bonchev–Trinajstić information content (AvgIpc) is 2.60. The van der Waals surface area contributed by atoms with E-state index in [1.165, 1.54) is 11.8 Å². The molecule has 3 nitrogen and oxygen atoms in total. The first-order chi connectivity index (χ1) is 7.16. The van der Waals surface area contributed by atoms with Crippen LogP contribution in [0.3, 0.4) is 0 Å². The van der Waals surface area contributed by atoms with Crippen LogP contribution in [0.4, 0.5) is 0 Å². The third kappa shape index (κ3) is 2.26. The second-order valence-corrected chi connectivity index (χ2v) is 4.56. The van der Waals surface area contributed by atoms with E-state index >= 15 is 0 Å². The molecule has 1 aromatic rings. The topological polar surface area (TPSA) is 35.5 Å². The Balaban J connectivity index is 2.21. The second-order valence-electron chi connectivity index (χ2n) is 3.41. The van der Waals surface area contributed by atoms with Gasteiger partial charge in [0.25, 0.3) is 0 Å². The lowest BCUT2D eigenvalue weighted by Gasteiger charge is -2.05. The Morgan fingerprint density at radius 2 is 2.07 bits per heavy atom. The summed E-state index contributed by atoms with van der Waals surface area (Å²) in [5, 5.41) is 0.132. The van der Waals surface area contributed by atoms with Crippen LogP contribution in [0.5, 0.6) is 11.5 Å². The zero-order valence-corrected chi connectivity index (χ0v) is 9.52. The Kier molecular flexibility index (Phi) is 2.86. The van der Waals surface area contributed by atoms with Crippen LogP contribution in [0.2, 0.25) is 0 Å². The number of aryl methyl sites for hydroxylation is 1. The summed E-state index contributed by atoms with van der Waals surface area (Å²) >= 11 is 1.31. The molecule has 0 unspecified atom stereocenters. The van der Waals surface area contributed by atoms with Gasteiger partial charge in [-0.05, 0) is 30.2 Å². The Hall–Kier alpha value is -1.16. The van der Waals surface area contributed by atoms with Crippen LogP contribution < -0.4 is 9.47 Å². The van der Waals surface area contributed by atoms with Crippen molar-refractivity contribution < 1.29 is 14.3 Å². The number of carbonyl (C=O) groups is 1. The summed E-state index contributed by atoms with van der Waals surface area (Å²) in [6, 6.07) is 3.91. The SMILES string of the molecule is CC(=O)SCc1cc2c(cc1C)OCO2. The van der Waals surface area contributed by atoms with Crippen LogP contribution >= 0.6 is 11.8 Å². The predicted molar refractivity (Wildman–Crippen MR) is 59.3 cm³/mol. The molecule has 1 aliphatic rings. The van der Waals surface area contributed by atoms with E-state index in [9.17, 15) is 4.79 Å². The van der Waals surface area contributed by atoms with Crippen molar-refractivity contribution >= 4 is 16.9 Å². The Labute approximate surface area is 92.8 Å². The van der Waals surface area contributed by atoms with Gasteiger partial charge >= 0.3 is 0 Å². The van der Waals surface area contributed by atoms with E-state index in [0.29, 0.717) is 5.75 Å². The number of fused-ring (bicyclic) bond motifs is 1. The van der Waals surface area contributed by atoms with Gasteiger partial charge in [-0.25, -0.2) is 0 Å². The van der Waals surface area contributed by atoms with Crippen molar-refractivity contribution in [1.29, 1.82) is 0 Å². The van der Waals surface area contributed by atoms with Gasteiger partial charge in [0.15, 0.2) is 16.6 Å². The van der Waals surface area contributed by atoms with E-state index < -0.39 is 0 Å². The van der Waals surface area contributed by atoms with E-state index in [0.717, 1.165) is 22.6 Å². The number of ether oxygens (including phenoxy) is 2. The number of benzene rings is 1. The van der Waals surface area contributed by atoms with Crippen LogP contribution in [-0.2, 0) is 10.5 Å². The normalized spacial score (nSPS) is 12.9. The van der Waals surface area contributed by atoms with Crippen LogP contribution in [0.25, 0.3) is 0 Å². The molecule has 0 spiro atoms. The minimum Gasteiger partial charge on any atom is -0.454 e. The Bertz CT molecular complexity index is 401. The van der Waals surface area contributed by atoms with Gasteiger partial charge in [0, 0.05) is 12.7 Å². The molecule has 0 bridgehead atoms. The van der Waals surface area contributed by atoms with Gasteiger partial charge in [-0.15, -0.1) is 0 Å². The lowest BCUT2D eigenvalue weighted by atomic mass is 10.1. The van der Waals surface area contributed by atoms with Crippen molar-refractivity contribution in [2.75, 3.05) is 6.79 Å². The first-order valence-electron chi connectivity index (χ1n) is 4.69. The van der Waals surface area contributed by atoms with E-state index in [-0.39, 0.29) is 11.9 Å². The molecule has 0 aliphatic carbocycles. The maximum atomic E-state index is 10.9. The van der Waals surface area contributed by atoms with Crippen molar-refractivity contribution in [2.24, 2.45) is 0 Å². The van der Waals surface area contributed by atoms with Gasteiger partial charge in [0.1, 0.15) is 0 Å². The van der Waals surface area contributed by atoms with Crippen molar-refractivity contribution in [2.45, 2.75) is 19.6 Å². The fraction of sp³-hybridized carbons (Fsp3) is 0.364. The highest BCUT2D eigenvalue weighted by molar-refractivity contribution is 8.12. The van der Waals surface area contributed by atoms with Gasteiger partial charge < -0.3 is 9.47 Å². The fourth-order valence-electron chi connectivity index (χ4n) is 1.42. The van der Waals surface area contributed by atoms with Crippen molar-refractivity contribution in [3.8, 4) is 11.5 Å². The third-order valence-corrected chi connectivity index (χ3v) is 3.12. The van der Waals surface area contributed by atoms with Gasteiger partial charge in [-0.3, -0.25) is 4.79 Å². The molecule has 1 aromatic carbocycles. The molecule has 2 rings (SSSR count). The van der Waals surface area contributed by atoms with E-state index in [1.807, 2.05) is 19.1 Å². The summed E-state index contributed by atoms with van der Waals surface area (Å²) in [4.78, 5) is 10.9. The van der Waals surface area contributed by atoms with Gasteiger partial charge in [0.2, 0.25) is 6.79 Å². The Morgan fingerprint density at radius 1 is 1.40 bits per heavy atom. The molecular weight excluding hydrogens is 212 g/mol. The van der Waals surface area contributed by atoms with Crippen molar-refractivity contribution in [3.63, 3.8) is 0 Å². The number of hydrogen-bond donors (Lipinski definition) is 0. The van der Waals surface area contributed by atoms with E-state index in [2.05, 4.69) is 0 Å². The van der Waals surface area contributed by atoms with Crippen LogP contribution in [0, 0.1) is 6.92 Å². The van der Waals surface area contributed by atoms with E-state index in [4.69, 9.17) is 9.47 Å². The van der Waals surface area contributed by atoms with Gasteiger partial charge in [-0.2, -0.15) is 0 Å². The zero-order valence-electron chi connectivity index (χ0n) is 8.70. The maximum Gasteiger partial charge on any atom is 0.231 e. The smallest absolute Gasteiger partial charge is 0.231 e. The quantitative estimate of drug-likeness (QED) is 0.773. The molecule has 0 radical (unpaired) electrons. The number of rotatable bonds is 2. The summed E-state index contributed by atoms with van der Waals surface area (Å²) in [6.07, 6.45) is 0. The van der Waals surface area contributed by atoms with Crippen molar-refractivity contribution in [1.82, 2.24) is 0 Å². The molecule has 0 saturated carbocycles. The molecule has 0 fully saturated rings. The molecule has 1 aliphatic heterocycles. The number of hydrogen-bond acceptors (Lipinski definition) is 4. The molecule has 80 valence electrons. The van der Waals surface area contributed by atoms with E-state index in [1.54, 1.807) is 6.92 Å². The predicted octanol–water partition coefficient (Wildman–Crippen LogP) is 2.50. The zero-order chi connectivity index (χ0) is 10.8. The molecule has 0 saturated heterocycles. The van der Waals surface area contributed by atoms with Gasteiger partial charge in [-0.1, -0.05) is 11.8 Å². The highest BCUT2D eigenvalue weighted by Gasteiger charge is 2.15.